The van der Waals surface area contributed by atoms with E-state index in [1.54, 1.807) is 0 Å². The number of aromatic nitrogens is 1. The minimum absolute atomic E-state index is 0.645. The SMILES string of the molecule is c1ccc(-c2cccc(-n3c4ccccc4c4c(N(c5ccccc5)c5ccccc5)cc(N(c5ccc6c(c5)C(c5ccccc5)(c5ccccc5)c5ccccc5-6)c5ccc6c(c5)C(c5ccccc5)(c5ccccc5)c5ccccc5-6)cc43)c2)cc1. The van der Waals surface area contributed by atoms with Gasteiger partial charge < -0.3 is 14.4 Å². The first-order valence-electron chi connectivity index (χ1n) is 30.8. The van der Waals surface area contributed by atoms with E-state index in [-0.39, 0.29) is 0 Å². The molecule has 2 aliphatic rings. The third-order valence-corrected chi connectivity index (χ3v) is 18.9. The van der Waals surface area contributed by atoms with Crippen LogP contribution in [0.15, 0.2) is 358 Å². The maximum Gasteiger partial charge on any atom is 0.0714 e. The molecule has 3 nitrogen and oxygen atoms in total. The summed E-state index contributed by atoms with van der Waals surface area (Å²) in [4.78, 5) is 5.03. The average molecular weight is 1130 g/mol. The zero-order valence-corrected chi connectivity index (χ0v) is 48.9. The lowest BCUT2D eigenvalue weighted by Crippen LogP contribution is -2.29. The molecule has 418 valence electrons. The van der Waals surface area contributed by atoms with Crippen LogP contribution in [0.1, 0.15) is 44.5 Å². The van der Waals surface area contributed by atoms with Gasteiger partial charge in [-0.15, -0.1) is 0 Å². The van der Waals surface area contributed by atoms with Gasteiger partial charge in [-0.3, -0.25) is 0 Å². The first-order chi connectivity index (χ1) is 44.2. The topological polar surface area (TPSA) is 11.4 Å². The fraction of sp³-hybridized carbons (Fsp3) is 0.0233. The summed E-state index contributed by atoms with van der Waals surface area (Å²) in [5.41, 5.74) is 25.4. The van der Waals surface area contributed by atoms with Gasteiger partial charge in [0, 0.05) is 39.2 Å². The van der Waals surface area contributed by atoms with E-state index in [9.17, 15) is 0 Å². The van der Waals surface area contributed by atoms with Crippen molar-refractivity contribution in [2.75, 3.05) is 9.80 Å². The predicted molar refractivity (Wildman–Crippen MR) is 370 cm³/mol. The smallest absolute Gasteiger partial charge is 0.0714 e. The van der Waals surface area contributed by atoms with E-state index >= 15 is 0 Å². The number of fused-ring (bicyclic) bond motifs is 9. The lowest BCUT2D eigenvalue weighted by molar-refractivity contribution is 0.767. The molecular weight excluding hydrogens is 1070 g/mol. The Morgan fingerprint density at radius 1 is 0.236 bits per heavy atom. The molecule has 1 heterocycles. The van der Waals surface area contributed by atoms with E-state index in [0.29, 0.717) is 0 Å². The van der Waals surface area contributed by atoms with E-state index in [1.807, 2.05) is 0 Å². The Labute approximate surface area is 519 Å². The Morgan fingerprint density at radius 2 is 0.640 bits per heavy atom. The van der Waals surface area contributed by atoms with Gasteiger partial charge in [0.1, 0.15) is 0 Å². The highest BCUT2D eigenvalue weighted by Gasteiger charge is 2.48. The number of anilines is 6. The Kier molecular flexibility index (Phi) is 12.3. The van der Waals surface area contributed by atoms with Crippen LogP contribution >= 0.6 is 0 Å². The fourth-order valence-electron chi connectivity index (χ4n) is 15.3. The van der Waals surface area contributed by atoms with Crippen molar-refractivity contribution in [2.45, 2.75) is 10.8 Å². The van der Waals surface area contributed by atoms with Gasteiger partial charge in [0.05, 0.1) is 33.2 Å². The second-order valence-corrected chi connectivity index (χ2v) is 23.5. The molecule has 1 aromatic heterocycles. The molecule has 0 N–H and O–H groups in total. The van der Waals surface area contributed by atoms with E-state index in [1.165, 1.54) is 72.3 Å². The maximum absolute atomic E-state index is 2.56. The molecule has 0 saturated carbocycles. The Morgan fingerprint density at radius 3 is 1.13 bits per heavy atom. The Balaban J connectivity index is 1.02. The first-order valence-corrected chi connectivity index (χ1v) is 30.8. The molecule has 0 amide bonds. The molecular formula is C86H59N3. The van der Waals surface area contributed by atoms with Gasteiger partial charge in [-0.2, -0.15) is 0 Å². The van der Waals surface area contributed by atoms with Crippen molar-refractivity contribution in [2.24, 2.45) is 0 Å². The summed E-state index contributed by atoms with van der Waals surface area (Å²) in [5.74, 6) is 0. The number of hydrogen-bond acceptors (Lipinski definition) is 2. The molecule has 0 unspecified atom stereocenters. The number of hydrogen-bond donors (Lipinski definition) is 0. The largest absolute Gasteiger partial charge is 0.310 e. The van der Waals surface area contributed by atoms with Gasteiger partial charge in [-0.25, -0.2) is 0 Å². The summed E-state index contributed by atoms with van der Waals surface area (Å²) in [5, 5.41) is 2.31. The lowest BCUT2D eigenvalue weighted by atomic mass is 9.67. The second-order valence-electron chi connectivity index (χ2n) is 23.5. The van der Waals surface area contributed by atoms with Gasteiger partial charge >= 0.3 is 0 Å². The van der Waals surface area contributed by atoms with Gasteiger partial charge in [-0.1, -0.05) is 279 Å². The highest BCUT2D eigenvalue weighted by Crippen LogP contribution is 2.60. The van der Waals surface area contributed by atoms with E-state index in [0.717, 1.165) is 67.2 Å². The molecule has 0 radical (unpaired) electrons. The molecule has 0 bridgehead atoms. The van der Waals surface area contributed by atoms with Crippen LogP contribution in [0, 0.1) is 0 Å². The molecule has 0 atom stereocenters. The van der Waals surface area contributed by atoms with Crippen LogP contribution in [0.3, 0.4) is 0 Å². The third kappa shape index (κ3) is 8.06. The molecule has 0 fully saturated rings. The molecule has 0 aliphatic heterocycles. The molecule has 0 saturated heterocycles. The summed E-state index contributed by atoms with van der Waals surface area (Å²) < 4.78 is 2.50. The zero-order valence-electron chi connectivity index (χ0n) is 48.9. The van der Waals surface area contributed by atoms with Crippen molar-refractivity contribution in [3.05, 3.63) is 402 Å². The summed E-state index contributed by atoms with van der Waals surface area (Å²) in [6.07, 6.45) is 0. The number of nitrogens with zero attached hydrogens (tertiary/aromatic N) is 3. The van der Waals surface area contributed by atoms with Gasteiger partial charge in [0.15, 0.2) is 0 Å². The Hall–Kier alpha value is -11.5. The van der Waals surface area contributed by atoms with Crippen LogP contribution in [0.2, 0.25) is 0 Å². The summed E-state index contributed by atoms with van der Waals surface area (Å²) >= 11 is 0. The molecule has 15 aromatic rings. The monoisotopic (exact) mass is 1130 g/mol. The quantitative estimate of drug-likeness (QED) is 0.121. The number of rotatable bonds is 12. The highest BCUT2D eigenvalue weighted by molar-refractivity contribution is 6.18. The minimum Gasteiger partial charge on any atom is -0.310 e. The summed E-state index contributed by atoms with van der Waals surface area (Å²) in [7, 11) is 0. The number of para-hydroxylation sites is 3. The van der Waals surface area contributed by atoms with Crippen molar-refractivity contribution >= 4 is 55.9 Å². The molecule has 2 aliphatic carbocycles. The van der Waals surface area contributed by atoms with E-state index < -0.39 is 10.8 Å². The highest BCUT2D eigenvalue weighted by atomic mass is 15.2. The van der Waals surface area contributed by atoms with Crippen LogP contribution in [-0.2, 0) is 10.8 Å². The normalized spacial score (nSPS) is 13.1. The van der Waals surface area contributed by atoms with E-state index in [2.05, 4.69) is 372 Å². The molecule has 89 heavy (non-hydrogen) atoms. The van der Waals surface area contributed by atoms with Crippen LogP contribution < -0.4 is 9.80 Å². The minimum atomic E-state index is -0.645. The average Bonchev–Trinajstić information content (AvgIpc) is 1.65. The van der Waals surface area contributed by atoms with Crippen LogP contribution in [0.4, 0.5) is 34.1 Å². The fourth-order valence-corrected chi connectivity index (χ4v) is 15.3. The van der Waals surface area contributed by atoms with Crippen LogP contribution in [0.25, 0.3) is 60.9 Å². The van der Waals surface area contributed by atoms with Crippen LogP contribution in [0.5, 0.6) is 0 Å². The standard InChI is InChI=1S/C86H59N3/c1-8-29-60(30-9-1)61-31-28-44-68(55-61)89-81-50-27-24-47-76(81)84-82(88(66-40-18-6-19-41-66)67-42-20-7-21-43-67)58-71(59-83(84)89)87(69-51-53-74-72-45-22-25-48-77(72)85(79(74)56-69,62-32-10-2-11-33-62)63-34-12-3-13-35-63)70-52-54-75-73-46-23-26-49-78(73)86(80(75)57-70,64-36-14-4-15-37-64)65-38-16-5-17-39-65/h1-59H. The lowest BCUT2D eigenvalue weighted by Gasteiger charge is -2.36. The molecule has 17 rings (SSSR count). The predicted octanol–water partition coefficient (Wildman–Crippen LogP) is 22.1. The van der Waals surface area contributed by atoms with Gasteiger partial charge in [0.25, 0.3) is 0 Å². The van der Waals surface area contributed by atoms with Crippen molar-refractivity contribution in [3.8, 4) is 39.1 Å². The van der Waals surface area contributed by atoms with Crippen molar-refractivity contribution in [1.29, 1.82) is 0 Å². The van der Waals surface area contributed by atoms with Gasteiger partial charge in [-0.05, 0) is 157 Å². The van der Waals surface area contributed by atoms with E-state index in [4.69, 9.17) is 0 Å². The van der Waals surface area contributed by atoms with Gasteiger partial charge in [0.2, 0.25) is 0 Å². The number of benzene rings is 14. The maximum atomic E-state index is 2.56. The van der Waals surface area contributed by atoms with Crippen LogP contribution in [-0.4, -0.2) is 4.57 Å². The Bertz CT molecular complexity index is 4820. The molecule has 14 aromatic carbocycles. The van der Waals surface area contributed by atoms with Crippen molar-refractivity contribution in [1.82, 2.24) is 4.57 Å². The summed E-state index contributed by atoms with van der Waals surface area (Å²) in [6.45, 7) is 0. The van der Waals surface area contributed by atoms with Crippen molar-refractivity contribution in [3.63, 3.8) is 0 Å². The third-order valence-electron chi connectivity index (χ3n) is 18.9. The zero-order chi connectivity index (χ0) is 58.9. The molecule has 3 heteroatoms. The van der Waals surface area contributed by atoms with Crippen molar-refractivity contribution < 1.29 is 0 Å². The summed E-state index contributed by atoms with van der Waals surface area (Å²) in [6, 6.07) is 133. The second kappa shape index (κ2) is 21.2. The molecule has 0 spiro atoms. The first kappa shape index (κ1) is 51.9.